The summed E-state index contributed by atoms with van der Waals surface area (Å²) in [6.45, 7) is 6.09. The van der Waals surface area contributed by atoms with Gasteiger partial charge in [-0.05, 0) is 24.3 Å². The number of nitrogens with zero attached hydrogens (tertiary/aromatic N) is 1. The number of terminal acetylenes is 1. The fourth-order valence-corrected chi connectivity index (χ4v) is 2.52. The Morgan fingerprint density at radius 2 is 1.93 bits per heavy atom. The van der Waals surface area contributed by atoms with Crippen molar-refractivity contribution < 1.29 is 4.74 Å². The fraction of sp³-hybridized carbons (Fsp3) is 0.286. The van der Waals surface area contributed by atoms with Crippen molar-refractivity contribution in [2.75, 3.05) is 7.11 Å². The van der Waals surface area contributed by atoms with Crippen molar-refractivity contribution in [3.8, 4) is 12.3 Å². The molecule has 2 rings (SSSR count). The van der Waals surface area contributed by atoms with E-state index < -0.39 is 11.1 Å². The molecular weight excluding hydrogens is 356 g/mol. The van der Waals surface area contributed by atoms with Crippen LogP contribution < -0.4 is 21.8 Å². The van der Waals surface area contributed by atoms with Gasteiger partial charge < -0.3 is 19.7 Å². The highest BCUT2D eigenvalue weighted by atomic mass is 16.5. The second-order valence-electron chi connectivity index (χ2n) is 7.06. The molecule has 0 unspecified atom stereocenters. The number of hydrogen-bond acceptors (Lipinski definition) is 4. The van der Waals surface area contributed by atoms with Gasteiger partial charge in [0.1, 0.15) is 10.7 Å². The van der Waals surface area contributed by atoms with Crippen LogP contribution in [0.15, 0.2) is 39.9 Å². The van der Waals surface area contributed by atoms with Crippen molar-refractivity contribution in [3.05, 3.63) is 73.1 Å². The predicted octanol–water partition coefficient (Wildman–Crippen LogP) is 0.803. The van der Waals surface area contributed by atoms with Crippen LogP contribution in [0.25, 0.3) is 12.2 Å². The largest absolute Gasteiger partial charge is 0.501 e. The Morgan fingerprint density at radius 1 is 1.25 bits per heavy atom. The molecule has 0 radical (unpaired) electrons. The summed E-state index contributed by atoms with van der Waals surface area (Å²) in [6.07, 6.45) is 15.1. The van der Waals surface area contributed by atoms with Crippen LogP contribution in [0.3, 0.4) is 0 Å². The Kier molecular flexibility index (Phi) is 6.61. The lowest BCUT2D eigenvalue weighted by atomic mass is 9.90. The molecule has 0 spiro atoms. The maximum Gasteiger partial charge on any atom is 0.272 e. The molecule has 0 aliphatic carbocycles. The fourth-order valence-electron chi connectivity index (χ4n) is 2.52. The smallest absolute Gasteiger partial charge is 0.272 e. The molecule has 0 aliphatic rings. The molecule has 0 aliphatic heterocycles. The lowest BCUT2D eigenvalue weighted by molar-refractivity contribution is 0.287. The highest BCUT2D eigenvalue weighted by Gasteiger charge is 2.19. The minimum atomic E-state index is -0.413. The van der Waals surface area contributed by atoms with Gasteiger partial charge in [0.15, 0.2) is 0 Å². The second-order valence-corrected chi connectivity index (χ2v) is 7.06. The van der Waals surface area contributed by atoms with Crippen LogP contribution in [0.1, 0.15) is 38.6 Å². The number of allylic oxidation sites excluding steroid dienone is 4. The van der Waals surface area contributed by atoms with Crippen molar-refractivity contribution in [2.24, 2.45) is 0 Å². The van der Waals surface area contributed by atoms with E-state index in [2.05, 4.69) is 25.9 Å². The molecule has 0 aromatic carbocycles. The summed E-state index contributed by atoms with van der Waals surface area (Å²) in [4.78, 5) is 37.3. The quantitative estimate of drug-likeness (QED) is 0.406. The van der Waals surface area contributed by atoms with Gasteiger partial charge in [0.05, 0.1) is 24.9 Å². The maximum absolute atomic E-state index is 12.4. The summed E-state index contributed by atoms with van der Waals surface area (Å²) in [5.74, 6) is 2.96. The first-order valence-electron chi connectivity index (χ1n) is 8.70. The highest BCUT2D eigenvalue weighted by molar-refractivity contribution is 5.48. The molecule has 3 N–H and O–H groups in total. The van der Waals surface area contributed by atoms with Crippen molar-refractivity contribution in [1.29, 1.82) is 0 Å². The molecule has 0 saturated carbocycles. The van der Waals surface area contributed by atoms with Crippen molar-refractivity contribution in [3.63, 3.8) is 0 Å². The molecule has 7 nitrogen and oxygen atoms in total. The molecule has 0 bridgehead atoms. The zero-order valence-corrected chi connectivity index (χ0v) is 16.4. The lowest BCUT2D eigenvalue weighted by Crippen LogP contribution is -2.46. The average molecular weight is 380 g/mol. The van der Waals surface area contributed by atoms with Gasteiger partial charge in [-0.2, -0.15) is 0 Å². The molecule has 2 aromatic heterocycles. The van der Waals surface area contributed by atoms with E-state index in [0.29, 0.717) is 17.9 Å². The van der Waals surface area contributed by atoms with Crippen molar-refractivity contribution in [1.82, 2.24) is 19.9 Å². The van der Waals surface area contributed by atoms with E-state index >= 15 is 0 Å². The summed E-state index contributed by atoms with van der Waals surface area (Å²) >= 11 is 0. The predicted molar refractivity (Wildman–Crippen MR) is 110 cm³/mol. The van der Waals surface area contributed by atoms with Gasteiger partial charge in [-0.15, -0.1) is 6.42 Å². The van der Waals surface area contributed by atoms with E-state index in [4.69, 9.17) is 11.2 Å². The Balaban J connectivity index is 2.44. The zero-order valence-electron chi connectivity index (χ0n) is 16.4. The highest BCUT2D eigenvalue weighted by Crippen LogP contribution is 2.22. The van der Waals surface area contributed by atoms with Crippen LogP contribution >= 0.6 is 0 Å². The minimum absolute atomic E-state index is 0.138. The topological polar surface area (TPSA) is 104 Å². The van der Waals surface area contributed by atoms with Crippen molar-refractivity contribution >= 4 is 12.2 Å². The first-order chi connectivity index (χ1) is 13.3. The molecule has 0 atom stereocenters. The Morgan fingerprint density at radius 3 is 2.57 bits per heavy atom. The van der Waals surface area contributed by atoms with E-state index in [9.17, 15) is 9.59 Å². The summed E-state index contributed by atoms with van der Waals surface area (Å²) in [7, 11) is 1.52. The van der Waals surface area contributed by atoms with E-state index in [-0.39, 0.29) is 16.1 Å². The number of nitrogens with one attached hydrogen (secondary N) is 3. The number of imidazole rings is 1. The molecule has 2 heterocycles. The Bertz CT molecular complexity index is 1160. The van der Waals surface area contributed by atoms with Crippen molar-refractivity contribution in [2.45, 2.75) is 32.6 Å². The number of aromatic nitrogens is 4. The van der Waals surface area contributed by atoms with Gasteiger partial charge in [-0.3, -0.25) is 9.59 Å². The maximum atomic E-state index is 12.4. The number of rotatable bonds is 5. The van der Waals surface area contributed by atoms with E-state index in [1.807, 2.05) is 20.8 Å². The second kappa shape index (κ2) is 8.91. The molecule has 28 heavy (non-hydrogen) atoms. The molecule has 146 valence electrons. The van der Waals surface area contributed by atoms with Gasteiger partial charge in [-0.1, -0.05) is 32.8 Å². The number of H-pyrrole nitrogens is 3. The third-order valence-electron chi connectivity index (χ3n) is 3.93. The van der Waals surface area contributed by atoms with Gasteiger partial charge in [-0.25, -0.2) is 4.98 Å². The SMILES string of the molecule is C#C/C=C\C=C(/C/C=c1\[nH]c(=O)/c(=C/c2nc[nH]c2C(C)(C)C)[nH]c1=O)OC. The van der Waals surface area contributed by atoms with Crippen LogP contribution in [-0.2, 0) is 10.2 Å². The molecule has 7 heteroatoms. The summed E-state index contributed by atoms with van der Waals surface area (Å²) in [5, 5.41) is 0.295. The Labute approximate surface area is 162 Å². The van der Waals surface area contributed by atoms with Gasteiger partial charge in [0.25, 0.3) is 11.1 Å². The average Bonchev–Trinajstić information content (AvgIpc) is 3.10. The van der Waals surface area contributed by atoms with Crippen LogP contribution in [0.4, 0.5) is 0 Å². The third kappa shape index (κ3) is 5.24. The molecule has 0 amide bonds. The van der Waals surface area contributed by atoms with E-state index in [1.165, 1.54) is 13.2 Å². The standard InChI is InChI=1S/C21H24N4O3/c1-6-7-8-9-14(28-5)10-11-15-19(26)25-17(20(27)24-15)12-16-18(21(2,3)4)23-13-22-16/h1,7-9,11-13H,10H2,2-5H3,(H,22,23)(H,24,27)(H,25,26)/b8-7-,14-9+,15-11-,17-12-. The van der Waals surface area contributed by atoms with Gasteiger partial charge in [0, 0.05) is 17.5 Å². The summed E-state index contributed by atoms with van der Waals surface area (Å²) in [6, 6.07) is 0. The first kappa shape index (κ1) is 20.8. The summed E-state index contributed by atoms with van der Waals surface area (Å²) in [5.41, 5.74) is 0.477. The molecule has 0 saturated heterocycles. The number of aromatic amines is 3. The molecule has 0 fully saturated rings. The first-order valence-corrected chi connectivity index (χ1v) is 8.70. The molecular formula is C21H24N4O3. The summed E-state index contributed by atoms with van der Waals surface area (Å²) < 4.78 is 5.22. The number of ether oxygens (including phenoxy) is 1. The normalized spacial score (nSPS) is 13.9. The van der Waals surface area contributed by atoms with Crippen LogP contribution in [-0.4, -0.2) is 27.0 Å². The monoisotopic (exact) mass is 380 g/mol. The Hall–Kier alpha value is -3.53. The molecule has 2 aromatic rings. The number of methoxy groups -OCH3 is 1. The van der Waals surface area contributed by atoms with Gasteiger partial charge >= 0.3 is 0 Å². The van der Waals surface area contributed by atoms with Crippen LogP contribution in [0.5, 0.6) is 0 Å². The zero-order chi connectivity index (χ0) is 20.7. The number of hydrogen-bond donors (Lipinski definition) is 3. The van der Waals surface area contributed by atoms with Crippen LogP contribution in [0.2, 0.25) is 0 Å². The van der Waals surface area contributed by atoms with E-state index in [1.54, 1.807) is 30.6 Å². The van der Waals surface area contributed by atoms with Crippen LogP contribution in [0, 0.1) is 12.3 Å². The third-order valence-corrected chi connectivity index (χ3v) is 3.93. The van der Waals surface area contributed by atoms with Gasteiger partial charge in [0.2, 0.25) is 0 Å². The minimum Gasteiger partial charge on any atom is -0.501 e. The lowest BCUT2D eigenvalue weighted by Gasteiger charge is -2.16. The van der Waals surface area contributed by atoms with E-state index in [0.717, 1.165) is 5.69 Å².